The van der Waals surface area contributed by atoms with Crippen molar-refractivity contribution in [3.8, 4) is 11.5 Å². The lowest BCUT2D eigenvalue weighted by Gasteiger charge is -2.38. The lowest BCUT2D eigenvalue weighted by molar-refractivity contribution is -0.385. The van der Waals surface area contributed by atoms with Crippen molar-refractivity contribution < 1.29 is 19.2 Å². The third-order valence-electron chi connectivity index (χ3n) is 5.77. The summed E-state index contributed by atoms with van der Waals surface area (Å²) in [5.41, 5.74) is 3.64. The summed E-state index contributed by atoms with van der Waals surface area (Å²) in [6.07, 6.45) is 5.26. The molecule has 0 spiro atoms. The number of carbonyl (C=O) groups excluding carboxylic acids is 1. The monoisotopic (exact) mass is 394 g/mol. The van der Waals surface area contributed by atoms with Gasteiger partial charge in [0.1, 0.15) is 0 Å². The van der Waals surface area contributed by atoms with Crippen LogP contribution in [0.3, 0.4) is 0 Å². The molecule has 0 aromatic heterocycles. The van der Waals surface area contributed by atoms with Gasteiger partial charge in [0, 0.05) is 24.6 Å². The van der Waals surface area contributed by atoms with Crippen molar-refractivity contribution in [1.29, 1.82) is 0 Å². The zero-order valence-electron chi connectivity index (χ0n) is 16.5. The number of ether oxygens (including phenoxy) is 2. The van der Waals surface area contributed by atoms with Crippen LogP contribution < -0.4 is 14.8 Å². The van der Waals surface area contributed by atoms with Crippen LogP contribution in [0.15, 0.2) is 42.5 Å². The number of esters is 1. The molecular weight excluding hydrogens is 372 g/mol. The summed E-state index contributed by atoms with van der Waals surface area (Å²) in [6, 6.07) is 8.90. The number of nitrogens with zero attached hydrogens (tertiary/aromatic N) is 1. The summed E-state index contributed by atoms with van der Waals surface area (Å²) < 4.78 is 10.6. The second-order valence-electron chi connectivity index (χ2n) is 7.41. The Hall–Kier alpha value is -3.35. The third kappa shape index (κ3) is 3.22. The van der Waals surface area contributed by atoms with Gasteiger partial charge in [0.25, 0.3) is 5.69 Å². The molecule has 3 unspecified atom stereocenters. The fourth-order valence-electron chi connectivity index (χ4n) is 4.45. The summed E-state index contributed by atoms with van der Waals surface area (Å²) >= 11 is 0. The van der Waals surface area contributed by atoms with Crippen LogP contribution in [0.2, 0.25) is 0 Å². The number of rotatable bonds is 4. The topological polar surface area (TPSA) is 90.7 Å². The summed E-state index contributed by atoms with van der Waals surface area (Å²) in [5.74, 6) is 0.905. The van der Waals surface area contributed by atoms with Crippen molar-refractivity contribution >= 4 is 17.3 Å². The SMILES string of the molecule is COc1cc(C2Nc3c(ccc([N+](=O)[O-])c3C)C3C=CCC32)ccc1OC(C)=O. The third-order valence-corrected chi connectivity index (χ3v) is 5.77. The van der Waals surface area contributed by atoms with E-state index in [2.05, 4.69) is 17.5 Å². The molecule has 0 saturated heterocycles. The average Bonchev–Trinajstić information content (AvgIpc) is 3.17. The van der Waals surface area contributed by atoms with Crippen LogP contribution in [-0.4, -0.2) is 18.0 Å². The van der Waals surface area contributed by atoms with Crippen molar-refractivity contribution in [1.82, 2.24) is 0 Å². The number of hydrogen-bond acceptors (Lipinski definition) is 6. The number of nitrogens with one attached hydrogen (secondary N) is 1. The van der Waals surface area contributed by atoms with Crippen molar-refractivity contribution in [3.63, 3.8) is 0 Å². The molecule has 1 heterocycles. The van der Waals surface area contributed by atoms with E-state index < -0.39 is 5.97 Å². The summed E-state index contributed by atoms with van der Waals surface area (Å²) in [6.45, 7) is 3.13. The first kappa shape index (κ1) is 19.0. The first-order valence-corrected chi connectivity index (χ1v) is 9.48. The highest BCUT2D eigenvalue weighted by molar-refractivity contribution is 5.71. The zero-order valence-corrected chi connectivity index (χ0v) is 16.5. The van der Waals surface area contributed by atoms with Gasteiger partial charge in [-0.05, 0) is 48.6 Å². The molecule has 150 valence electrons. The molecule has 29 heavy (non-hydrogen) atoms. The summed E-state index contributed by atoms with van der Waals surface area (Å²) in [5, 5.41) is 15.0. The van der Waals surface area contributed by atoms with Gasteiger partial charge in [-0.2, -0.15) is 0 Å². The molecule has 0 saturated carbocycles. The smallest absolute Gasteiger partial charge is 0.308 e. The molecule has 0 fully saturated rings. The maximum atomic E-state index is 11.4. The van der Waals surface area contributed by atoms with Crippen molar-refractivity contribution in [2.45, 2.75) is 32.2 Å². The Bertz CT molecular complexity index is 1030. The molecule has 0 amide bonds. The lowest BCUT2D eigenvalue weighted by Crippen LogP contribution is -2.29. The predicted octanol–water partition coefficient (Wildman–Crippen LogP) is 4.66. The molecule has 1 aliphatic carbocycles. The number of methoxy groups -OCH3 is 1. The maximum absolute atomic E-state index is 11.4. The second kappa shape index (κ2) is 7.24. The van der Waals surface area contributed by atoms with E-state index >= 15 is 0 Å². The van der Waals surface area contributed by atoms with Crippen LogP contribution in [0.4, 0.5) is 11.4 Å². The maximum Gasteiger partial charge on any atom is 0.308 e. The fourth-order valence-corrected chi connectivity index (χ4v) is 4.45. The fraction of sp³-hybridized carbons (Fsp3) is 0.318. The van der Waals surface area contributed by atoms with Crippen LogP contribution in [0, 0.1) is 23.0 Å². The Kier molecular flexibility index (Phi) is 4.74. The first-order valence-electron chi connectivity index (χ1n) is 9.48. The number of anilines is 1. The van der Waals surface area contributed by atoms with E-state index in [0.29, 0.717) is 17.1 Å². The molecule has 1 aliphatic heterocycles. The molecular formula is C22H22N2O5. The van der Waals surface area contributed by atoms with Crippen LogP contribution in [0.1, 0.15) is 42.0 Å². The zero-order chi connectivity index (χ0) is 20.7. The number of nitro benzene ring substituents is 1. The minimum atomic E-state index is -0.413. The summed E-state index contributed by atoms with van der Waals surface area (Å²) in [4.78, 5) is 22.4. The van der Waals surface area contributed by atoms with E-state index in [0.717, 1.165) is 23.2 Å². The number of hydrogen-bond donors (Lipinski definition) is 1. The normalized spacial score (nSPS) is 21.7. The standard InChI is InChI=1S/C22H22N2O5/c1-12-18(24(26)27)9-8-17-15-5-4-6-16(15)22(23-21(12)17)14-7-10-19(29-13(2)25)20(11-14)28-3/h4-5,7-11,15-16,22-23H,6H2,1-3H3. The number of carbonyl (C=O) groups is 1. The minimum Gasteiger partial charge on any atom is -0.493 e. The molecule has 0 bridgehead atoms. The molecule has 7 heteroatoms. The molecule has 2 aromatic rings. The Morgan fingerprint density at radius 2 is 2.03 bits per heavy atom. The molecule has 2 aliphatic rings. The van der Waals surface area contributed by atoms with E-state index in [1.165, 1.54) is 14.0 Å². The first-order chi connectivity index (χ1) is 13.9. The molecule has 1 N–H and O–H groups in total. The van der Waals surface area contributed by atoms with E-state index in [1.807, 2.05) is 18.2 Å². The Morgan fingerprint density at radius 3 is 2.72 bits per heavy atom. The largest absolute Gasteiger partial charge is 0.493 e. The van der Waals surface area contributed by atoms with Crippen LogP contribution in [0.5, 0.6) is 11.5 Å². The Labute approximate surface area is 168 Å². The van der Waals surface area contributed by atoms with Crippen molar-refractivity contribution in [2.75, 3.05) is 12.4 Å². The van der Waals surface area contributed by atoms with E-state index in [9.17, 15) is 14.9 Å². The number of benzene rings is 2. The number of allylic oxidation sites excluding steroid dienone is 2. The van der Waals surface area contributed by atoms with Gasteiger partial charge >= 0.3 is 5.97 Å². The van der Waals surface area contributed by atoms with Gasteiger partial charge in [-0.1, -0.05) is 18.2 Å². The molecule has 2 aromatic carbocycles. The predicted molar refractivity (Wildman–Crippen MR) is 108 cm³/mol. The average molecular weight is 394 g/mol. The highest BCUT2D eigenvalue weighted by Gasteiger charge is 2.39. The second-order valence-corrected chi connectivity index (χ2v) is 7.41. The molecule has 3 atom stereocenters. The minimum absolute atomic E-state index is 0.0523. The lowest BCUT2D eigenvalue weighted by atomic mass is 9.76. The van der Waals surface area contributed by atoms with Gasteiger partial charge in [-0.25, -0.2) is 0 Å². The van der Waals surface area contributed by atoms with Gasteiger partial charge in [-0.3, -0.25) is 14.9 Å². The molecule has 0 radical (unpaired) electrons. The van der Waals surface area contributed by atoms with E-state index in [4.69, 9.17) is 9.47 Å². The van der Waals surface area contributed by atoms with Gasteiger partial charge in [0.05, 0.1) is 23.6 Å². The van der Waals surface area contributed by atoms with Crippen LogP contribution in [0.25, 0.3) is 0 Å². The highest BCUT2D eigenvalue weighted by atomic mass is 16.6. The Morgan fingerprint density at radius 1 is 1.24 bits per heavy atom. The van der Waals surface area contributed by atoms with Gasteiger partial charge < -0.3 is 14.8 Å². The number of nitro groups is 1. The van der Waals surface area contributed by atoms with Crippen molar-refractivity contribution in [2.24, 2.45) is 5.92 Å². The van der Waals surface area contributed by atoms with Gasteiger partial charge in [0.2, 0.25) is 0 Å². The van der Waals surface area contributed by atoms with Gasteiger partial charge in [0.15, 0.2) is 11.5 Å². The van der Waals surface area contributed by atoms with Crippen LogP contribution in [-0.2, 0) is 4.79 Å². The van der Waals surface area contributed by atoms with Crippen molar-refractivity contribution in [3.05, 3.63) is 69.3 Å². The number of fused-ring (bicyclic) bond motifs is 3. The Balaban J connectivity index is 1.77. The molecule has 4 rings (SSSR count). The van der Waals surface area contributed by atoms with Gasteiger partial charge in [-0.15, -0.1) is 0 Å². The van der Waals surface area contributed by atoms with Crippen LogP contribution >= 0.6 is 0 Å². The summed E-state index contributed by atoms with van der Waals surface area (Å²) in [7, 11) is 1.53. The van der Waals surface area contributed by atoms with E-state index in [1.54, 1.807) is 19.1 Å². The quantitative estimate of drug-likeness (QED) is 0.267. The van der Waals surface area contributed by atoms with E-state index in [-0.39, 0.29) is 28.5 Å². The molecule has 7 nitrogen and oxygen atoms in total. The highest BCUT2D eigenvalue weighted by Crippen LogP contribution is 2.52.